The van der Waals surface area contributed by atoms with Gasteiger partial charge < -0.3 is 0 Å². The van der Waals surface area contributed by atoms with E-state index in [2.05, 4.69) is 26.8 Å². The highest BCUT2D eigenvalue weighted by Gasteiger charge is 2.10. The molecule has 2 aromatic carbocycles. The van der Waals surface area contributed by atoms with Crippen LogP contribution in [0.4, 0.5) is 0 Å². The lowest BCUT2D eigenvalue weighted by atomic mass is 10.1. The summed E-state index contributed by atoms with van der Waals surface area (Å²) in [7, 11) is 0. The maximum Gasteiger partial charge on any atom is 0.269 e. The van der Waals surface area contributed by atoms with Gasteiger partial charge in [0.2, 0.25) is 5.91 Å². The number of nitrogens with one attached hydrogen (secondary N) is 2. The minimum Gasteiger partial charge on any atom is -0.272 e. The van der Waals surface area contributed by atoms with E-state index < -0.39 is 0 Å². The first-order chi connectivity index (χ1) is 11.0. The van der Waals surface area contributed by atoms with Gasteiger partial charge in [0.15, 0.2) is 0 Å². The van der Waals surface area contributed by atoms with Gasteiger partial charge in [-0.05, 0) is 55.0 Å². The second kappa shape index (κ2) is 8.38. The lowest BCUT2D eigenvalue weighted by Crippen LogP contribution is -2.42. The zero-order chi connectivity index (χ0) is 16.8. The molecule has 2 rings (SSSR count). The number of hydrazine groups is 1. The third kappa shape index (κ3) is 5.57. The van der Waals surface area contributed by atoms with Crippen molar-refractivity contribution in [2.45, 2.75) is 11.8 Å². The van der Waals surface area contributed by atoms with Crippen LogP contribution in [-0.2, 0) is 4.79 Å². The number of thioether (sulfide) groups is 1. The van der Waals surface area contributed by atoms with Crippen molar-refractivity contribution in [2.24, 2.45) is 0 Å². The lowest BCUT2D eigenvalue weighted by Gasteiger charge is -2.09. The van der Waals surface area contributed by atoms with Crippen molar-refractivity contribution in [1.29, 1.82) is 0 Å². The van der Waals surface area contributed by atoms with Crippen molar-refractivity contribution in [1.82, 2.24) is 10.9 Å². The lowest BCUT2D eigenvalue weighted by molar-refractivity contribution is -0.119. The van der Waals surface area contributed by atoms with Gasteiger partial charge in [-0.25, -0.2) is 0 Å². The zero-order valence-corrected chi connectivity index (χ0v) is 15.4. The van der Waals surface area contributed by atoms with Crippen molar-refractivity contribution >= 4 is 51.1 Å². The van der Waals surface area contributed by atoms with Gasteiger partial charge in [-0.15, -0.1) is 11.8 Å². The normalized spacial score (nSPS) is 10.2. The Labute approximate surface area is 152 Å². The first kappa shape index (κ1) is 17.8. The van der Waals surface area contributed by atoms with E-state index >= 15 is 0 Å². The molecule has 0 aliphatic heterocycles. The Morgan fingerprint density at radius 3 is 2.48 bits per heavy atom. The molecule has 2 N–H and O–H groups in total. The molecule has 23 heavy (non-hydrogen) atoms. The third-order valence-electron chi connectivity index (χ3n) is 2.93. The Morgan fingerprint density at radius 2 is 1.83 bits per heavy atom. The SMILES string of the molecule is Cc1cc(Br)ccc1C(=O)NNC(=O)CSc1ccc(Cl)cc1. The van der Waals surface area contributed by atoms with Gasteiger partial charge in [0, 0.05) is 20.0 Å². The fourth-order valence-electron chi connectivity index (χ4n) is 1.79. The highest BCUT2D eigenvalue weighted by atomic mass is 79.9. The Kier molecular flexibility index (Phi) is 6.50. The van der Waals surface area contributed by atoms with Crippen LogP contribution in [0.5, 0.6) is 0 Å². The molecule has 0 saturated heterocycles. The predicted octanol–water partition coefficient (Wildman–Crippen LogP) is 3.96. The molecule has 0 aliphatic carbocycles. The molecule has 0 heterocycles. The first-order valence-corrected chi connectivity index (χ1v) is 8.85. The summed E-state index contributed by atoms with van der Waals surface area (Å²) in [6.07, 6.45) is 0. The Balaban J connectivity index is 1.81. The zero-order valence-electron chi connectivity index (χ0n) is 12.2. The number of amides is 2. The van der Waals surface area contributed by atoms with Gasteiger partial charge in [-0.1, -0.05) is 27.5 Å². The van der Waals surface area contributed by atoms with E-state index in [0.717, 1.165) is 14.9 Å². The summed E-state index contributed by atoms with van der Waals surface area (Å²) in [5, 5.41) is 0.649. The van der Waals surface area contributed by atoms with Crippen LogP contribution in [0.25, 0.3) is 0 Å². The molecular weight excluding hydrogens is 400 g/mol. The van der Waals surface area contributed by atoms with Crippen LogP contribution >= 0.6 is 39.3 Å². The van der Waals surface area contributed by atoms with Gasteiger partial charge in [-0.3, -0.25) is 20.4 Å². The average Bonchev–Trinajstić information content (AvgIpc) is 2.52. The van der Waals surface area contributed by atoms with Gasteiger partial charge in [0.05, 0.1) is 5.75 Å². The molecule has 2 aromatic rings. The third-order valence-corrected chi connectivity index (χ3v) is 4.69. The Morgan fingerprint density at radius 1 is 1.13 bits per heavy atom. The summed E-state index contributed by atoms with van der Waals surface area (Å²) in [6.45, 7) is 1.83. The number of halogens is 2. The molecule has 0 bridgehead atoms. The number of hydrogen-bond acceptors (Lipinski definition) is 3. The van der Waals surface area contributed by atoms with Crippen molar-refractivity contribution in [3.8, 4) is 0 Å². The minimum atomic E-state index is -0.347. The predicted molar refractivity (Wildman–Crippen MR) is 96.7 cm³/mol. The quantitative estimate of drug-likeness (QED) is 0.589. The molecule has 0 atom stereocenters. The number of carbonyl (C=O) groups is 2. The van der Waals surface area contributed by atoms with Crippen LogP contribution in [-0.4, -0.2) is 17.6 Å². The van der Waals surface area contributed by atoms with Gasteiger partial charge >= 0.3 is 0 Å². The minimum absolute atomic E-state index is 0.196. The van der Waals surface area contributed by atoms with E-state index in [1.807, 2.05) is 25.1 Å². The van der Waals surface area contributed by atoms with Crippen LogP contribution in [0, 0.1) is 6.92 Å². The van der Waals surface area contributed by atoms with Gasteiger partial charge in [-0.2, -0.15) is 0 Å². The Hall–Kier alpha value is -1.50. The van der Waals surface area contributed by atoms with Crippen LogP contribution in [0.15, 0.2) is 51.8 Å². The monoisotopic (exact) mass is 412 g/mol. The molecule has 0 saturated carbocycles. The number of aryl methyl sites for hydroxylation is 1. The average molecular weight is 414 g/mol. The maximum atomic E-state index is 12.0. The molecule has 0 spiro atoms. The Bertz CT molecular complexity index is 723. The summed E-state index contributed by atoms with van der Waals surface area (Å²) >= 11 is 10.5. The highest BCUT2D eigenvalue weighted by molar-refractivity contribution is 9.10. The van der Waals surface area contributed by atoms with Crippen molar-refractivity contribution in [3.05, 3.63) is 63.1 Å². The van der Waals surface area contributed by atoms with E-state index in [0.29, 0.717) is 10.6 Å². The summed E-state index contributed by atoms with van der Waals surface area (Å²) in [5.41, 5.74) is 6.16. The smallest absolute Gasteiger partial charge is 0.269 e. The molecule has 7 heteroatoms. The van der Waals surface area contributed by atoms with Crippen molar-refractivity contribution in [2.75, 3.05) is 5.75 Å². The fraction of sp³-hybridized carbons (Fsp3) is 0.125. The second-order valence-corrected chi connectivity index (χ2v) is 7.11. The van der Waals surface area contributed by atoms with E-state index in [1.165, 1.54) is 11.8 Å². The fourth-order valence-corrected chi connectivity index (χ4v) is 3.09. The molecule has 120 valence electrons. The van der Waals surface area contributed by atoms with E-state index in [1.54, 1.807) is 24.3 Å². The van der Waals surface area contributed by atoms with E-state index in [4.69, 9.17) is 11.6 Å². The van der Waals surface area contributed by atoms with Crippen LogP contribution in [0.2, 0.25) is 5.02 Å². The van der Waals surface area contributed by atoms with Gasteiger partial charge in [0.25, 0.3) is 5.91 Å². The number of rotatable bonds is 4. The summed E-state index contributed by atoms with van der Waals surface area (Å²) in [5.74, 6) is -0.436. The molecule has 4 nitrogen and oxygen atoms in total. The largest absolute Gasteiger partial charge is 0.272 e. The van der Waals surface area contributed by atoms with Gasteiger partial charge in [0.1, 0.15) is 0 Å². The first-order valence-electron chi connectivity index (χ1n) is 6.69. The molecule has 2 amide bonds. The maximum absolute atomic E-state index is 12.0. The van der Waals surface area contributed by atoms with Crippen LogP contribution in [0.1, 0.15) is 15.9 Å². The van der Waals surface area contributed by atoms with Crippen molar-refractivity contribution in [3.63, 3.8) is 0 Å². The number of benzene rings is 2. The molecule has 0 aliphatic rings. The molecule has 0 radical (unpaired) electrons. The number of hydrogen-bond donors (Lipinski definition) is 2. The topological polar surface area (TPSA) is 58.2 Å². The molecular formula is C16H14BrClN2O2S. The summed E-state index contributed by atoms with van der Waals surface area (Å²) in [6, 6.07) is 12.5. The molecule has 0 unspecified atom stereocenters. The van der Waals surface area contributed by atoms with Crippen LogP contribution < -0.4 is 10.9 Å². The number of carbonyl (C=O) groups excluding carboxylic acids is 2. The summed E-state index contributed by atoms with van der Waals surface area (Å²) in [4.78, 5) is 24.7. The second-order valence-electron chi connectivity index (χ2n) is 4.70. The van der Waals surface area contributed by atoms with Crippen LogP contribution in [0.3, 0.4) is 0 Å². The van der Waals surface area contributed by atoms with E-state index in [9.17, 15) is 9.59 Å². The standard InChI is InChI=1S/C16H14BrClN2O2S/c1-10-8-11(17)2-7-14(10)16(22)20-19-15(21)9-23-13-5-3-12(18)4-6-13/h2-8H,9H2,1H3,(H,19,21)(H,20,22). The molecule has 0 aromatic heterocycles. The summed E-state index contributed by atoms with van der Waals surface area (Å²) < 4.78 is 0.898. The van der Waals surface area contributed by atoms with Crippen molar-refractivity contribution < 1.29 is 9.59 Å². The highest BCUT2D eigenvalue weighted by Crippen LogP contribution is 2.20. The van der Waals surface area contributed by atoms with E-state index in [-0.39, 0.29) is 17.6 Å². The molecule has 0 fully saturated rings.